The van der Waals surface area contributed by atoms with Gasteiger partial charge in [0, 0.05) is 0 Å². The molecule has 2 aromatic rings. The molecule has 0 fully saturated rings. The fourth-order valence-electron chi connectivity index (χ4n) is 3.10. The third kappa shape index (κ3) is 7.76. The maximum absolute atomic E-state index is 5.86. The molecular weight excluding hydrogens is 308 g/mol. The molecule has 0 radical (unpaired) electrons. The third-order valence-electron chi connectivity index (χ3n) is 4.67. The predicted octanol–water partition coefficient (Wildman–Crippen LogP) is 5.60. The molecule has 0 atom stereocenters. The normalized spacial score (nSPS) is 11.0. The number of aryl methyl sites for hydroxylation is 1. The summed E-state index contributed by atoms with van der Waals surface area (Å²) in [4.78, 5) is 0. The van der Waals surface area contributed by atoms with Crippen LogP contribution < -0.4 is 9.30 Å². The van der Waals surface area contributed by atoms with Gasteiger partial charge in [-0.2, -0.15) is 0 Å². The Morgan fingerprint density at radius 3 is 2.00 bits per heavy atom. The topological polar surface area (TPSA) is 18.0 Å². The van der Waals surface area contributed by atoms with Gasteiger partial charge in [-0.05, 0) is 30.7 Å². The van der Waals surface area contributed by atoms with E-state index in [1.165, 1.54) is 57.8 Å². The van der Waals surface area contributed by atoms with Gasteiger partial charge in [-0.3, -0.25) is 0 Å². The molecule has 0 aliphatic heterocycles. The standard InChI is InChI=1S/C22H35N2O/c1-3-4-5-6-7-8-9-10-11-12-19-25-22-15-13-21(14-16-22)24-18-17-23(2)20-24/h13-18,20H,3-12,19H2,1-2H3/q+1. The molecule has 3 nitrogen and oxygen atoms in total. The van der Waals surface area contributed by atoms with Crippen molar-refractivity contribution in [1.82, 2.24) is 4.57 Å². The van der Waals surface area contributed by atoms with Gasteiger partial charge in [0.25, 0.3) is 0 Å². The SMILES string of the molecule is CCCCCCCCCCCCOc1ccc(-n2cc[n+](C)c2)cc1. The summed E-state index contributed by atoms with van der Waals surface area (Å²) in [6.07, 6.45) is 19.7. The molecular formula is C22H35N2O+. The van der Waals surface area contributed by atoms with Crippen LogP contribution in [0.15, 0.2) is 43.0 Å². The van der Waals surface area contributed by atoms with E-state index in [0.717, 1.165) is 24.5 Å². The van der Waals surface area contributed by atoms with Gasteiger partial charge >= 0.3 is 0 Å². The van der Waals surface area contributed by atoms with Crippen LogP contribution in [0.4, 0.5) is 0 Å². The van der Waals surface area contributed by atoms with Crippen LogP contribution in [-0.4, -0.2) is 11.2 Å². The first-order valence-corrected chi connectivity index (χ1v) is 10.1. The predicted molar refractivity (Wildman–Crippen MR) is 104 cm³/mol. The molecule has 1 aromatic carbocycles. The largest absolute Gasteiger partial charge is 0.494 e. The lowest BCUT2D eigenvalue weighted by atomic mass is 10.1. The van der Waals surface area contributed by atoms with Gasteiger partial charge in [-0.1, -0.05) is 64.7 Å². The molecule has 0 N–H and O–H groups in total. The Bertz CT molecular complexity index is 574. The highest BCUT2D eigenvalue weighted by Crippen LogP contribution is 2.16. The number of rotatable bonds is 13. The average Bonchev–Trinajstić information content (AvgIpc) is 3.06. The van der Waals surface area contributed by atoms with Crippen LogP contribution in [0.2, 0.25) is 0 Å². The number of ether oxygens (including phenoxy) is 1. The van der Waals surface area contributed by atoms with E-state index in [1.54, 1.807) is 0 Å². The summed E-state index contributed by atoms with van der Waals surface area (Å²) in [7, 11) is 2.03. The van der Waals surface area contributed by atoms with E-state index in [9.17, 15) is 0 Å². The van der Waals surface area contributed by atoms with Crippen molar-refractivity contribution in [2.45, 2.75) is 71.1 Å². The van der Waals surface area contributed by atoms with Gasteiger partial charge < -0.3 is 4.74 Å². The molecule has 0 amide bonds. The van der Waals surface area contributed by atoms with Crippen LogP contribution in [0.3, 0.4) is 0 Å². The van der Waals surface area contributed by atoms with Crippen molar-refractivity contribution in [2.75, 3.05) is 6.61 Å². The Morgan fingerprint density at radius 1 is 0.840 bits per heavy atom. The Labute approximate surface area is 153 Å². The zero-order valence-corrected chi connectivity index (χ0v) is 16.1. The Hall–Kier alpha value is -1.77. The lowest BCUT2D eigenvalue weighted by Crippen LogP contribution is -2.23. The van der Waals surface area contributed by atoms with E-state index in [1.807, 2.05) is 17.8 Å². The van der Waals surface area contributed by atoms with E-state index in [0.29, 0.717) is 0 Å². The second-order valence-electron chi connectivity index (χ2n) is 7.01. The van der Waals surface area contributed by atoms with Crippen LogP contribution in [0.25, 0.3) is 5.69 Å². The maximum Gasteiger partial charge on any atom is 0.248 e. The quantitative estimate of drug-likeness (QED) is 0.342. The minimum Gasteiger partial charge on any atom is -0.494 e. The molecule has 1 aromatic heterocycles. The smallest absolute Gasteiger partial charge is 0.248 e. The Morgan fingerprint density at radius 2 is 1.44 bits per heavy atom. The van der Waals surface area contributed by atoms with Gasteiger partial charge in [-0.25, -0.2) is 9.13 Å². The van der Waals surface area contributed by atoms with Crippen LogP contribution >= 0.6 is 0 Å². The van der Waals surface area contributed by atoms with E-state index in [2.05, 4.69) is 48.3 Å². The number of hydrogen-bond donors (Lipinski definition) is 0. The van der Waals surface area contributed by atoms with Crippen LogP contribution in [0.5, 0.6) is 5.75 Å². The van der Waals surface area contributed by atoms with E-state index < -0.39 is 0 Å². The molecule has 0 aliphatic carbocycles. The lowest BCUT2D eigenvalue weighted by Gasteiger charge is -2.06. The highest BCUT2D eigenvalue weighted by atomic mass is 16.5. The molecule has 0 bridgehead atoms. The fraction of sp³-hybridized carbons (Fsp3) is 0.591. The van der Waals surface area contributed by atoms with Crippen molar-refractivity contribution in [2.24, 2.45) is 7.05 Å². The Balaban J connectivity index is 1.51. The number of unbranched alkanes of at least 4 members (excludes halogenated alkanes) is 9. The molecule has 2 rings (SSSR count). The van der Waals surface area contributed by atoms with E-state index >= 15 is 0 Å². The van der Waals surface area contributed by atoms with Crippen molar-refractivity contribution in [3.8, 4) is 11.4 Å². The maximum atomic E-state index is 5.86. The molecule has 138 valence electrons. The highest BCUT2D eigenvalue weighted by Gasteiger charge is 2.04. The second kappa shape index (κ2) is 11.7. The van der Waals surface area contributed by atoms with Gasteiger partial charge in [0.15, 0.2) is 0 Å². The summed E-state index contributed by atoms with van der Waals surface area (Å²) < 4.78 is 10.0. The number of aromatic nitrogens is 2. The number of imidazole rings is 1. The summed E-state index contributed by atoms with van der Waals surface area (Å²) >= 11 is 0. The number of hydrogen-bond acceptors (Lipinski definition) is 1. The van der Waals surface area contributed by atoms with Crippen molar-refractivity contribution in [3.63, 3.8) is 0 Å². The summed E-state index contributed by atoms with van der Waals surface area (Å²) in [6, 6.07) is 8.33. The highest BCUT2D eigenvalue weighted by molar-refractivity contribution is 5.36. The van der Waals surface area contributed by atoms with E-state index in [-0.39, 0.29) is 0 Å². The number of benzene rings is 1. The van der Waals surface area contributed by atoms with Crippen LogP contribution in [0, 0.1) is 0 Å². The third-order valence-corrected chi connectivity index (χ3v) is 4.67. The van der Waals surface area contributed by atoms with Crippen LogP contribution in [0.1, 0.15) is 71.1 Å². The Kier molecular flexibility index (Phi) is 9.17. The average molecular weight is 344 g/mol. The second-order valence-corrected chi connectivity index (χ2v) is 7.01. The molecule has 0 saturated carbocycles. The van der Waals surface area contributed by atoms with Crippen molar-refractivity contribution in [3.05, 3.63) is 43.0 Å². The van der Waals surface area contributed by atoms with Crippen molar-refractivity contribution >= 4 is 0 Å². The lowest BCUT2D eigenvalue weighted by molar-refractivity contribution is -0.670. The first-order chi connectivity index (χ1) is 12.3. The minimum absolute atomic E-state index is 0.828. The molecule has 0 aliphatic rings. The monoisotopic (exact) mass is 343 g/mol. The molecule has 0 spiro atoms. The van der Waals surface area contributed by atoms with Gasteiger partial charge in [0.05, 0.1) is 13.7 Å². The van der Waals surface area contributed by atoms with Crippen LogP contribution in [-0.2, 0) is 7.05 Å². The zero-order valence-electron chi connectivity index (χ0n) is 16.1. The summed E-state index contributed by atoms with van der Waals surface area (Å²) in [5, 5.41) is 0. The minimum atomic E-state index is 0.828. The summed E-state index contributed by atoms with van der Waals surface area (Å²) in [5.41, 5.74) is 1.16. The first-order valence-electron chi connectivity index (χ1n) is 10.1. The van der Waals surface area contributed by atoms with Crippen molar-refractivity contribution < 1.29 is 9.30 Å². The molecule has 0 unspecified atom stereocenters. The van der Waals surface area contributed by atoms with Gasteiger partial charge in [-0.15, -0.1) is 0 Å². The summed E-state index contributed by atoms with van der Waals surface area (Å²) in [6.45, 7) is 3.10. The number of nitrogens with zero attached hydrogens (tertiary/aromatic N) is 2. The van der Waals surface area contributed by atoms with E-state index in [4.69, 9.17) is 4.74 Å². The zero-order chi connectivity index (χ0) is 17.7. The van der Waals surface area contributed by atoms with Gasteiger partial charge in [0.1, 0.15) is 23.8 Å². The molecule has 25 heavy (non-hydrogen) atoms. The molecule has 1 heterocycles. The molecule has 0 saturated heterocycles. The van der Waals surface area contributed by atoms with Gasteiger partial charge in [0.2, 0.25) is 6.33 Å². The summed E-state index contributed by atoms with van der Waals surface area (Å²) in [5.74, 6) is 0.969. The fourth-order valence-corrected chi connectivity index (χ4v) is 3.10. The molecule has 3 heteroatoms. The van der Waals surface area contributed by atoms with Crippen molar-refractivity contribution in [1.29, 1.82) is 0 Å². The first kappa shape index (κ1) is 19.6.